The molecule has 0 bridgehead atoms. The first-order valence-corrected chi connectivity index (χ1v) is 8.74. The number of fused-ring (bicyclic) bond motifs is 1. The first-order valence-electron chi connectivity index (χ1n) is 8.74. The normalized spacial score (nSPS) is 33.8. The van der Waals surface area contributed by atoms with E-state index in [0.717, 1.165) is 24.8 Å². The van der Waals surface area contributed by atoms with Crippen LogP contribution in [0.25, 0.3) is 0 Å². The van der Waals surface area contributed by atoms with Gasteiger partial charge in [-0.25, -0.2) is 4.79 Å². The number of carbonyl (C=O) groups is 2. The standard InChI is InChI=1S/C20H28O4/c1-6-12(2)11-23-19-17-15(5)20(22)24-16(17)10-13(3)8-7-9-14(4)18(19)21/h9-10,12,16-17,19H,5-8,11H2,1-4H3/b13-10-,14-9-/t12?,16-,17-,19+/m0/s1. The molecule has 0 spiro atoms. The van der Waals surface area contributed by atoms with Crippen LogP contribution < -0.4 is 0 Å². The van der Waals surface area contributed by atoms with E-state index < -0.39 is 24.1 Å². The molecule has 4 nitrogen and oxygen atoms in total. The highest BCUT2D eigenvalue weighted by molar-refractivity contribution is 6.01. The van der Waals surface area contributed by atoms with Crippen molar-refractivity contribution in [1.82, 2.24) is 0 Å². The first-order chi connectivity index (χ1) is 11.3. The molecule has 0 aromatic rings. The van der Waals surface area contributed by atoms with Crippen LogP contribution in [0.15, 0.2) is 35.5 Å². The van der Waals surface area contributed by atoms with E-state index in [1.807, 2.05) is 26.0 Å². The van der Waals surface area contributed by atoms with E-state index in [4.69, 9.17) is 9.47 Å². The number of ether oxygens (including phenoxy) is 2. The molecule has 1 unspecified atom stereocenters. The predicted octanol–water partition coefficient (Wildman–Crippen LogP) is 3.77. The summed E-state index contributed by atoms with van der Waals surface area (Å²) < 4.78 is 11.5. The number of rotatable bonds is 4. The molecule has 2 rings (SSSR count). The summed E-state index contributed by atoms with van der Waals surface area (Å²) in [6.07, 6.45) is 5.32. The number of carbonyl (C=O) groups excluding carboxylic acids is 2. The second-order valence-electron chi connectivity index (χ2n) is 6.99. The molecule has 0 amide bonds. The molecular formula is C20H28O4. The summed E-state index contributed by atoms with van der Waals surface area (Å²) in [5.74, 6) is -0.606. The highest BCUT2D eigenvalue weighted by atomic mass is 16.6. The molecule has 1 aliphatic heterocycles. The SMILES string of the molecule is C=C1C(=O)O[C@H]2/C=C(/C)CC/C=C(/C)C(=O)[C@H](OCC(C)CC)[C@@H]12. The molecule has 1 heterocycles. The molecule has 2 aliphatic rings. The molecule has 0 N–H and O–H groups in total. The van der Waals surface area contributed by atoms with Gasteiger partial charge >= 0.3 is 5.97 Å². The van der Waals surface area contributed by atoms with Crippen LogP contribution in [0.2, 0.25) is 0 Å². The summed E-state index contributed by atoms with van der Waals surface area (Å²) in [5, 5.41) is 0. The summed E-state index contributed by atoms with van der Waals surface area (Å²) in [4.78, 5) is 25.0. The van der Waals surface area contributed by atoms with E-state index in [1.54, 1.807) is 0 Å². The minimum Gasteiger partial charge on any atom is -0.454 e. The Morgan fingerprint density at radius 2 is 2.08 bits per heavy atom. The number of hydrogen-bond donors (Lipinski definition) is 0. The van der Waals surface area contributed by atoms with E-state index in [2.05, 4.69) is 20.4 Å². The summed E-state index contributed by atoms with van der Waals surface area (Å²) in [7, 11) is 0. The van der Waals surface area contributed by atoms with Gasteiger partial charge in [-0.2, -0.15) is 0 Å². The minimum atomic E-state index is -0.721. The van der Waals surface area contributed by atoms with E-state index in [-0.39, 0.29) is 5.78 Å². The molecule has 1 fully saturated rings. The average Bonchev–Trinajstić information content (AvgIpc) is 2.81. The van der Waals surface area contributed by atoms with Gasteiger partial charge in [-0.15, -0.1) is 0 Å². The van der Waals surface area contributed by atoms with Crippen LogP contribution in [0, 0.1) is 11.8 Å². The molecule has 0 aromatic heterocycles. The van der Waals surface area contributed by atoms with Gasteiger partial charge in [-0.05, 0) is 44.3 Å². The molecule has 1 saturated heterocycles. The average molecular weight is 332 g/mol. The van der Waals surface area contributed by atoms with Gasteiger partial charge in [0.05, 0.1) is 12.5 Å². The van der Waals surface area contributed by atoms with Crippen molar-refractivity contribution in [3.05, 3.63) is 35.5 Å². The van der Waals surface area contributed by atoms with Crippen LogP contribution in [-0.2, 0) is 19.1 Å². The lowest BCUT2D eigenvalue weighted by molar-refractivity contribution is -0.139. The summed E-state index contributed by atoms with van der Waals surface area (Å²) in [6.45, 7) is 12.4. The van der Waals surface area contributed by atoms with Crippen LogP contribution in [0.5, 0.6) is 0 Å². The smallest absolute Gasteiger partial charge is 0.334 e. The van der Waals surface area contributed by atoms with Gasteiger partial charge in [-0.1, -0.05) is 38.5 Å². The summed E-state index contributed by atoms with van der Waals surface area (Å²) >= 11 is 0. The summed E-state index contributed by atoms with van der Waals surface area (Å²) in [6, 6.07) is 0. The van der Waals surface area contributed by atoms with Gasteiger partial charge in [0.1, 0.15) is 12.2 Å². The highest BCUT2D eigenvalue weighted by Crippen LogP contribution is 2.35. The third-order valence-corrected chi connectivity index (χ3v) is 4.93. The van der Waals surface area contributed by atoms with Gasteiger partial charge in [0.2, 0.25) is 0 Å². The molecule has 24 heavy (non-hydrogen) atoms. The van der Waals surface area contributed by atoms with Gasteiger partial charge in [0.25, 0.3) is 0 Å². The van der Waals surface area contributed by atoms with Crippen molar-refractivity contribution >= 4 is 11.8 Å². The second kappa shape index (κ2) is 7.93. The van der Waals surface area contributed by atoms with Crippen molar-refractivity contribution < 1.29 is 19.1 Å². The zero-order chi connectivity index (χ0) is 17.9. The van der Waals surface area contributed by atoms with Crippen LogP contribution in [0.4, 0.5) is 0 Å². The second-order valence-corrected chi connectivity index (χ2v) is 6.99. The van der Waals surface area contributed by atoms with Crippen molar-refractivity contribution in [2.24, 2.45) is 11.8 Å². The fourth-order valence-corrected chi connectivity index (χ4v) is 3.03. The lowest BCUT2D eigenvalue weighted by Crippen LogP contribution is -2.39. The lowest BCUT2D eigenvalue weighted by Gasteiger charge is -2.27. The molecule has 132 valence electrons. The predicted molar refractivity (Wildman–Crippen MR) is 93.5 cm³/mol. The fraction of sp³-hybridized carbons (Fsp3) is 0.600. The van der Waals surface area contributed by atoms with E-state index in [9.17, 15) is 9.59 Å². The van der Waals surface area contributed by atoms with Crippen LogP contribution in [0.1, 0.15) is 47.0 Å². The van der Waals surface area contributed by atoms with E-state index in [0.29, 0.717) is 23.7 Å². The lowest BCUT2D eigenvalue weighted by atomic mass is 9.84. The Kier molecular flexibility index (Phi) is 6.16. The van der Waals surface area contributed by atoms with Gasteiger partial charge in [0, 0.05) is 5.57 Å². The molecule has 0 saturated carbocycles. The number of Topliss-reactive ketones (excluding diaryl/α,β-unsaturated/α-hetero) is 1. The number of allylic oxidation sites excluding steroid dienone is 2. The van der Waals surface area contributed by atoms with Crippen LogP contribution in [0.3, 0.4) is 0 Å². The zero-order valence-corrected chi connectivity index (χ0v) is 15.1. The minimum absolute atomic E-state index is 0.0688. The molecule has 4 heteroatoms. The quantitative estimate of drug-likeness (QED) is 0.447. The Bertz CT molecular complexity index is 584. The molecule has 1 aliphatic carbocycles. The van der Waals surface area contributed by atoms with Crippen molar-refractivity contribution in [2.45, 2.75) is 59.2 Å². The Balaban J connectivity index is 2.38. The number of hydrogen-bond acceptors (Lipinski definition) is 4. The molecule has 0 radical (unpaired) electrons. The summed E-state index contributed by atoms with van der Waals surface area (Å²) in [5.41, 5.74) is 2.16. The Hall–Kier alpha value is -1.68. The van der Waals surface area contributed by atoms with E-state index in [1.165, 1.54) is 0 Å². The maximum atomic E-state index is 12.9. The molecule has 4 atom stereocenters. The zero-order valence-electron chi connectivity index (χ0n) is 15.1. The van der Waals surface area contributed by atoms with Crippen molar-refractivity contribution in [2.75, 3.05) is 6.61 Å². The topological polar surface area (TPSA) is 52.6 Å². The van der Waals surface area contributed by atoms with Gasteiger partial charge in [-0.3, -0.25) is 4.79 Å². The Morgan fingerprint density at radius 1 is 1.38 bits per heavy atom. The molecule has 0 aromatic carbocycles. The van der Waals surface area contributed by atoms with Crippen LogP contribution >= 0.6 is 0 Å². The highest BCUT2D eigenvalue weighted by Gasteiger charge is 2.46. The number of esters is 1. The largest absolute Gasteiger partial charge is 0.454 e. The van der Waals surface area contributed by atoms with E-state index >= 15 is 0 Å². The maximum Gasteiger partial charge on any atom is 0.334 e. The van der Waals surface area contributed by atoms with Crippen molar-refractivity contribution in [3.63, 3.8) is 0 Å². The van der Waals surface area contributed by atoms with Crippen LogP contribution in [-0.4, -0.2) is 30.6 Å². The van der Waals surface area contributed by atoms with Gasteiger partial charge < -0.3 is 9.47 Å². The fourth-order valence-electron chi connectivity index (χ4n) is 3.03. The Morgan fingerprint density at radius 3 is 2.75 bits per heavy atom. The van der Waals surface area contributed by atoms with Gasteiger partial charge in [0.15, 0.2) is 5.78 Å². The molecular weight excluding hydrogens is 304 g/mol. The van der Waals surface area contributed by atoms with Crippen molar-refractivity contribution in [1.29, 1.82) is 0 Å². The Labute approximate surface area is 144 Å². The third kappa shape index (κ3) is 4.04. The van der Waals surface area contributed by atoms with Crippen molar-refractivity contribution in [3.8, 4) is 0 Å². The monoisotopic (exact) mass is 332 g/mol. The number of ketones is 1. The maximum absolute atomic E-state index is 12.9. The first kappa shape index (κ1) is 18.7. The third-order valence-electron chi connectivity index (χ3n) is 4.93.